The lowest BCUT2D eigenvalue weighted by Gasteiger charge is -2.32. The molecule has 9 heteroatoms. The Kier molecular flexibility index (Phi) is 8.87. The fraction of sp³-hybridized carbons (Fsp3) is 0.417. The summed E-state index contributed by atoms with van der Waals surface area (Å²) in [6, 6.07) is 11.8. The second kappa shape index (κ2) is 11.2. The Balaban J connectivity index is 2.43. The second-order valence-electron chi connectivity index (χ2n) is 7.95. The van der Waals surface area contributed by atoms with Crippen molar-refractivity contribution in [1.29, 1.82) is 0 Å². The van der Waals surface area contributed by atoms with Crippen LogP contribution in [0.2, 0.25) is 0 Å². The maximum absolute atomic E-state index is 13.5. The van der Waals surface area contributed by atoms with Crippen molar-refractivity contribution in [2.24, 2.45) is 0 Å². The van der Waals surface area contributed by atoms with Crippen LogP contribution in [0.15, 0.2) is 42.5 Å². The Labute approximate surface area is 196 Å². The number of hydrogen-bond acceptors (Lipinski definition) is 5. The van der Waals surface area contributed by atoms with E-state index in [-0.39, 0.29) is 12.5 Å². The summed E-state index contributed by atoms with van der Waals surface area (Å²) in [5.41, 5.74) is 2.75. The van der Waals surface area contributed by atoms with Crippen molar-refractivity contribution in [2.45, 2.75) is 40.3 Å². The summed E-state index contributed by atoms with van der Waals surface area (Å²) in [6.45, 7) is 7.19. The third-order valence-corrected chi connectivity index (χ3v) is 6.51. The van der Waals surface area contributed by atoms with Gasteiger partial charge in [-0.15, -0.1) is 0 Å². The van der Waals surface area contributed by atoms with Crippen LogP contribution in [0.4, 0.5) is 5.69 Å². The molecule has 0 aliphatic heterocycles. The molecular weight excluding hydrogens is 442 g/mol. The number of hydrogen-bond donors (Lipinski definition) is 1. The number of amides is 2. The standard InChI is InChI=1S/C24H33N3O5S/c1-7-25-24(29)19(4)26(15-20-11-13-21(32-5)14-12-20)22(28)16-27(33(6,30)31)23-17(2)9-8-10-18(23)3/h8-14,19H,7,15-16H2,1-6H3,(H,25,29)/t19-/m0/s1. The Morgan fingerprint density at radius 3 is 2.12 bits per heavy atom. The summed E-state index contributed by atoms with van der Waals surface area (Å²) < 4.78 is 31.7. The average molecular weight is 476 g/mol. The molecule has 1 atom stereocenters. The molecule has 0 heterocycles. The van der Waals surface area contributed by atoms with Crippen LogP contribution < -0.4 is 14.4 Å². The molecule has 0 bridgehead atoms. The lowest BCUT2D eigenvalue weighted by atomic mass is 10.1. The van der Waals surface area contributed by atoms with Crippen LogP contribution in [-0.2, 0) is 26.2 Å². The van der Waals surface area contributed by atoms with Crippen molar-refractivity contribution in [3.63, 3.8) is 0 Å². The van der Waals surface area contributed by atoms with Gasteiger partial charge in [-0.2, -0.15) is 0 Å². The third kappa shape index (κ3) is 6.71. The SMILES string of the molecule is CCNC(=O)[C@H](C)N(Cc1ccc(OC)cc1)C(=O)CN(c1c(C)cccc1C)S(C)(=O)=O. The molecule has 0 saturated carbocycles. The number of sulfonamides is 1. The molecule has 33 heavy (non-hydrogen) atoms. The van der Waals surface area contributed by atoms with Crippen LogP contribution in [-0.4, -0.2) is 57.6 Å². The van der Waals surface area contributed by atoms with Crippen molar-refractivity contribution < 1.29 is 22.7 Å². The number of carbonyl (C=O) groups excluding carboxylic acids is 2. The first-order chi connectivity index (χ1) is 15.5. The Morgan fingerprint density at radius 2 is 1.64 bits per heavy atom. The number of aryl methyl sites for hydroxylation is 2. The zero-order valence-corrected chi connectivity index (χ0v) is 20.9. The molecule has 0 aromatic heterocycles. The second-order valence-corrected chi connectivity index (χ2v) is 9.86. The Hall–Kier alpha value is -3.07. The number of rotatable bonds is 10. The maximum Gasteiger partial charge on any atom is 0.244 e. The lowest BCUT2D eigenvalue weighted by molar-refractivity contribution is -0.139. The molecule has 0 aliphatic carbocycles. The number of anilines is 1. The lowest BCUT2D eigenvalue weighted by Crippen LogP contribution is -2.51. The third-order valence-electron chi connectivity index (χ3n) is 5.40. The molecule has 8 nitrogen and oxygen atoms in total. The normalized spacial score (nSPS) is 12.1. The fourth-order valence-corrected chi connectivity index (χ4v) is 4.57. The van der Waals surface area contributed by atoms with E-state index in [0.717, 1.165) is 27.3 Å². The predicted octanol–water partition coefficient (Wildman–Crippen LogP) is 2.63. The van der Waals surface area contributed by atoms with E-state index in [4.69, 9.17) is 4.74 Å². The number of benzene rings is 2. The minimum Gasteiger partial charge on any atom is -0.497 e. The van der Waals surface area contributed by atoms with Crippen LogP contribution in [0.3, 0.4) is 0 Å². The molecule has 2 amide bonds. The van der Waals surface area contributed by atoms with Crippen LogP contribution in [0.1, 0.15) is 30.5 Å². The minimum atomic E-state index is -3.76. The number of nitrogens with one attached hydrogen (secondary N) is 1. The van der Waals surface area contributed by atoms with Crippen LogP contribution in [0.25, 0.3) is 0 Å². The van der Waals surface area contributed by atoms with E-state index >= 15 is 0 Å². The highest BCUT2D eigenvalue weighted by Gasteiger charge is 2.30. The predicted molar refractivity (Wildman–Crippen MR) is 130 cm³/mol. The monoisotopic (exact) mass is 475 g/mol. The smallest absolute Gasteiger partial charge is 0.244 e. The Morgan fingerprint density at radius 1 is 1.06 bits per heavy atom. The van der Waals surface area contributed by atoms with Gasteiger partial charge in [0, 0.05) is 13.1 Å². The molecule has 2 aromatic rings. The molecule has 1 N–H and O–H groups in total. The summed E-state index contributed by atoms with van der Waals surface area (Å²) in [4.78, 5) is 27.5. The molecule has 0 aliphatic rings. The molecule has 2 aromatic carbocycles. The number of methoxy groups -OCH3 is 1. The number of nitrogens with zero attached hydrogens (tertiary/aromatic N) is 2. The van der Waals surface area contributed by atoms with E-state index in [1.807, 2.05) is 18.2 Å². The van der Waals surface area contributed by atoms with Crippen molar-refractivity contribution in [3.8, 4) is 5.75 Å². The van der Waals surface area contributed by atoms with Crippen molar-refractivity contribution in [2.75, 3.05) is 30.8 Å². The molecule has 0 unspecified atom stereocenters. The molecule has 0 fully saturated rings. The van der Waals surface area contributed by atoms with Gasteiger partial charge in [0.1, 0.15) is 18.3 Å². The topological polar surface area (TPSA) is 96.0 Å². The van der Waals surface area contributed by atoms with Crippen LogP contribution >= 0.6 is 0 Å². The van der Waals surface area contributed by atoms with Gasteiger partial charge in [-0.1, -0.05) is 30.3 Å². The minimum absolute atomic E-state index is 0.144. The molecule has 2 rings (SSSR count). The summed E-state index contributed by atoms with van der Waals surface area (Å²) in [5, 5.41) is 2.73. The number of ether oxygens (including phenoxy) is 1. The van der Waals surface area contributed by atoms with Crippen LogP contribution in [0, 0.1) is 13.8 Å². The highest BCUT2D eigenvalue weighted by Crippen LogP contribution is 2.27. The highest BCUT2D eigenvalue weighted by atomic mass is 32.2. The first-order valence-electron chi connectivity index (χ1n) is 10.7. The van der Waals surface area contributed by atoms with Gasteiger partial charge in [0.15, 0.2) is 0 Å². The highest BCUT2D eigenvalue weighted by molar-refractivity contribution is 7.92. The number of para-hydroxylation sites is 1. The summed E-state index contributed by atoms with van der Waals surface area (Å²) in [5.74, 6) is -0.110. The van der Waals surface area contributed by atoms with Gasteiger partial charge in [0.05, 0.1) is 19.1 Å². The van der Waals surface area contributed by atoms with E-state index < -0.39 is 28.5 Å². The van der Waals surface area contributed by atoms with E-state index in [1.165, 1.54) is 4.90 Å². The summed E-state index contributed by atoms with van der Waals surface area (Å²) in [7, 11) is -2.20. The molecule has 180 valence electrons. The fourth-order valence-electron chi connectivity index (χ4n) is 3.61. The van der Waals surface area contributed by atoms with Gasteiger partial charge in [-0.05, 0) is 56.5 Å². The number of carbonyl (C=O) groups is 2. The number of likely N-dealkylation sites (N-methyl/N-ethyl adjacent to an activating group) is 1. The van der Waals surface area contributed by atoms with Crippen molar-refractivity contribution >= 4 is 27.5 Å². The summed E-state index contributed by atoms with van der Waals surface area (Å²) >= 11 is 0. The van der Waals surface area contributed by atoms with E-state index in [2.05, 4.69) is 5.32 Å². The van der Waals surface area contributed by atoms with Gasteiger partial charge >= 0.3 is 0 Å². The first-order valence-corrected chi connectivity index (χ1v) is 12.6. The van der Waals surface area contributed by atoms with Crippen molar-refractivity contribution in [3.05, 3.63) is 59.2 Å². The maximum atomic E-state index is 13.5. The van der Waals surface area contributed by atoms with Gasteiger partial charge in [-0.3, -0.25) is 13.9 Å². The molecule has 0 radical (unpaired) electrons. The zero-order chi connectivity index (χ0) is 24.8. The molecule has 0 saturated heterocycles. The first kappa shape index (κ1) is 26.2. The van der Waals surface area contributed by atoms with E-state index in [0.29, 0.717) is 18.0 Å². The van der Waals surface area contributed by atoms with Gasteiger partial charge < -0.3 is 15.0 Å². The van der Waals surface area contributed by atoms with Gasteiger partial charge in [0.25, 0.3) is 0 Å². The Bertz CT molecular complexity index is 1060. The van der Waals surface area contributed by atoms with Crippen LogP contribution in [0.5, 0.6) is 5.75 Å². The van der Waals surface area contributed by atoms with Gasteiger partial charge in [-0.25, -0.2) is 8.42 Å². The van der Waals surface area contributed by atoms with E-state index in [1.54, 1.807) is 59.1 Å². The largest absolute Gasteiger partial charge is 0.497 e. The average Bonchev–Trinajstić information content (AvgIpc) is 2.76. The molecular formula is C24H33N3O5S. The summed E-state index contributed by atoms with van der Waals surface area (Å²) in [6.07, 6.45) is 1.08. The quantitative estimate of drug-likeness (QED) is 0.570. The zero-order valence-electron chi connectivity index (χ0n) is 20.1. The molecule has 0 spiro atoms. The van der Waals surface area contributed by atoms with E-state index in [9.17, 15) is 18.0 Å². The van der Waals surface area contributed by atoms with Crippen molar-refractivity contribution in [1.82, 2.24) is 10.2 Å². The van der Waals surface area contributed by atoms with Gasteiger partial charge in [0.2, 0.25) is 21.8 Å².